The van der Waals surface area contributed by atoms with Crippen LogP contribution in [0.2, 0.25) is 0 Å². The largest absolute Gasteiger partial charge is 0.467 e. The van der Waals surface area contributed by atoms with Gasteiger partial charge < -0.3 is 0 Å². The fourth-order valence-electron chi connectivity index (χ4n) is 1.65. The molecule has 0 saturated carbocycles. The van der Waals surface area contributed by atoms with Gasteiger partial charge in [0.25, 0.3) is 6.04 Å². The molecule has 0 unspecified atom stereocenters. The van der Waals surface area contributed by atoms with E-state index in [2.05, 4.69) is 38.5 Å². The van der Waals surface area contributed by atoms with Crippen LogP contribution in [-0.2, 0) is 5.41 Å². The first kappa shape index (κ1) is 8.30. The van der Waals surface area contributed by atoms with Gasteiger partial charge in [-0.2, -0.15) is 0 Å². The predicted molar refractivity (Wildman–Crippen MR) is 50.5 cm³/mol. The van der Waals surface area contributed by atoms with Gasteiger partial charge in [0, 0.05) is 0 Å². The van der Waals surface area contributed by atoms with E-state index in [1.54, 1.807) is 0 Å². The molecule has 2 heterocycles. The van der Waals surface area contributed by atoms with Crippen molar-refractivity contribution in [3.05, 3.63) is 42.1 Å². The number of hydrogen-bond acceptors (Lipinski definition) is 1. The molecule has 1 aromatic rings. The Bertz CT molecular complexity index is 446. The molecular formula is C11H14N2+2. The molecule has 0 saturated heterocycles. The van der Waals surface area contributed by atoms with Gasteiger partial charge >= 0.3 is 5.49 Å². The Morgan fingerprint density at radius 1 is 1.54 bits per heavy atom. The van der Waals surface area contributed by atoms with Crippen molar-refractivity contribution in [3.63, 3.8) is 0 Å². The number of fused-ring (bicyclic) bond motifs is 1. The molecule has 0 aliphatic carbocycles. The summed E-state index contributed by atoms with van der Waals surface area (Å²) in [4.78, 5) is 4.52. The molecule has 0 bridgehead atoms. The van der Waals surface area contributed by atoms with Crippen molar-refractivity contribution >= 4 is 0 Å². The first-order valence-corrected chi connectivity index (χ1v) is 4.45. The van der Waals surface area contributed by atoms with Gasteiger partial charge in [-0.1, -0.05) is 0 Å². The van der Waals surface area contributed by atoms with Crippen molar-refractivity contribution in [2.75, 3.05) is 0 Å². The van der Waals surface area contributed by atoms with E-state index in [4.69, 9.17) is 0 Å². The van der Waals surface area contributed by atoms with Crippen LogP contribution >= 0.6 is 0 Å². The zero-order valence-corrected chi connectivity index (χ0v) is 8.33. The molecule has 2 rings (SSSR count). The Morgan fingerprint density at radius 3 is 2.85 bits per heavy atom. The maximum Gasteiger partial charge on any atom is 0.467 e. The van der Waals surface area contributed by atoms with Crippen LogP contribution in [0.5, 0.6) is 0 Å². The molecule has 0 aromatic carbocycles. The second kappa shape index (κ2) is 2.34. The van der Waals surface area contributed by atoms with Crippen molar-refractivity contribution in [3.8, 4) is 0 Å². The molecule has 66 valence electrons. The third-order valence-corrected chi connectivity index (χ3v) is 2.89. The van der Waals surface area contributed by atoms with Crippen molar-refractivity contribution < 1.29 is 4.24 Å². The summed E-state index contributed by atoms with van der Waals surface area (Å²) >= 11 is 0. The smallest absolute Gasteiger partial charge is 0.131 e. The second-order valence-corrected chi connectivity index (χ2v) is 4.04. The van der Waals surface area contributed by atoms with E-state index >= 15 is 0 Å². The SMILES string of the molecule is C=[n+]1cccc2c1=N[C+](C)C2(C)C. The summed E-state index contributed by atoms with van der Waals surface area (Å²) in [6.07, 6.45) is 1.93. The summed E-state index contributed by atoms with van der Waals surface area (Å²) in [5.74, 6) is 0. The average Bonchev–Trinajstić information content (AvgIpc) is 2.28. The minimum atomic E-state index is 0.0655. The molecule has 2 nitrogen and oxygen atoms in total. The molecular weight excluding hydrogens is 160 g/mol. The van der Waals surface area contributed by atoms with E-state index in [1.165, 1.54) is 5.56 Å². The van der Waals surface area contributed by atoms with Crippen molar-refractivity contribution in [1.82, 2.24) is 0 Å². The van der Waals surface area contributed by atoms with Crippen LogP contribution < -0.4 is 9.73 Å². The van der Waals surface area contributed by atoms with Crippen LogP contribution in [0, 0.1) is 12.8 Å². The van der Waals surface area contributed by atoms with E-state index in [-0.39, 0.29) is 5.41 Å². The highest BCUT2D eigenvalue weighted by atomic mass is 15.0. The quantitative estimate of drug-likeness (QED) is 0.414. The monoisotopic (exact) mass is 174 g/mol. The van der Waals surface area contributed by atoms with Crippen LogP contribution in [0.25, 0.3) is 0 Å². The summed E-state index contributed by atoms with van der Waals surface area (Å²) in [7, 11) is 0. The second-order valence-electron chi connectivity index (χ2n) is 4.04. The Kier molecular flexibility index (Phi) is 1.50. The molecule has 0 N–H and O–H groups in total. The van der Waals surface area contributed by atoms with Gasteiger partial charge in [0.1, 0.15) is 16.6 Å². The van der Waals surface area contributed by atoms with Gasteiger partial charge in [0.2, 0.25) is 0 Å². The molecule has 0 spiro atoms. The summed E-state index contributed by atoms with van der Waals surface area (Å²) in [6.45, 7) is 10.4. The van der Waals surface area contributed by atoms with E-state index in [0.29, 0.717) is 0 Å². The molecule has 13 heavy (non-hydrogen) atoms. The highest BCUT2D eigenvalue weighted by Crippen LogP contribution is 2.34. The first-order valence-electron chi connectivity index (χ1n) is 4.45. The molecule has 1 aliphatic heterocycles. The van der Waals surface area contributed by atoms with E-state index in [0.717, 1.165) is 11.5 Å². The van der Waals surface area contributed by atoms with Gasteiger partial charge in [-0.05, 0) is 26.0 Å². The third-order valence-electron chi connectivity index (χ3n) is 2.89. The number of nitrogens with zero attached hydrogens (tertiary/aromatic N) is 2. The van der Waals surface area contributed by atoms with E-state index in [9.17, 15) is 0 Å². The van der Waals surface area contributed by atoms with Crippen molar-refractivity contribution in [2.24, 2.45) is 4.99 Å². The lowest BCUT2D eigenvalue weighted by molar-refractivity contribution is -0.517. The van der Waals surface area contributed by atoms with Gasteiger partial charge in [0.05, 0.1) is 13.6 Å². The van der Waals surface area contributed by atoms with Crippen molar-refractivity contribution in [1.29, 1.82) is 0 Å². The molecule has 1 aromatic heterocycles. The molecule has 0 atom stereocenters. The number of aromatic nitrogens is 1. The predicted octanol–water partition coefficient (Wildman–Crippen LogP) is 1.08. The Morgan fingerprint density at radius 2 is 2.23 bits per heavy atom. The Hall–Kier alpha value is -1.31. The summed E-state index contributed by atoms with van der Waals surface area (Å²) in [6, 6.07) is 5.30. The molecule has 0 radical (unpaired) electrons. The Balaban J connectivity index is 2.82. The standard InChI is InChI=1S/C11H14N2/c1-8-11(2,3)9-6-5-7-13(4)10(9)12-8/h5-7H,4H2,1-3H3/q+2. The maximum atomic E-state index is 4.52. The highest BCUT2D eigenvalue weighted by Gasteiger charge is 2.51. The third kappa shape index (κ3) is 0.981. The highest BCUT2D eigenvalue weighted by molar-refractivity contribution is 5.30. The van der Waals surface area contributed by atoms with E-state index in [1.807, 2.05) is 16.5 Å². The molecule has 1 aliphatic rings. The maximum absolute atomic E-state index is 4.52. The lowest BCUT2D eigenvalue weighted by Crippen LogP contribution is -2.38. The number of hydrogen-bond donors (Lipinski definition) is 0. The minimum Gasteiger partial charge on any atom is -0.131 e. The average molecular weight is 174 g/mol. The fourth-order valence-corrected chi connectivity index (χ4v) is 1.65. The minimum absolute atomic E-state index is 0.0655. The molecule has 0 amide bonds. The van der Waals surface area contributed by atoms with Crippen LogP contribution in [0.3, 0.4) is 0 Å². The number of pyridine rings is 1. The lowest BCUT2D eigenvalue weighted by atomic mass is 9.82. The van der Waals surface area contributed by atoms with Crippen LogP contribution in [0.15, 0.2) is 23.3 Å². The van der Waals surface area contributed by atoms with Gasteiger partial charge in [0.15, 0.2) is 5.56 Å². The molecule has 0 fully saturated rings. The first-order chi connectivity index (χ1) is 6.03. The zero-order chi connectivity index (χ0) is 9.64. The van der Waals surface area contributed by atoms with Gasteiger partial charge in [-0.25, -0.2) is 0 Å². The summed E-state index contributed by atoms with van der Waals surface area (Å²) in [5.41, 5.74) is 2.32. The summed E-state index contributed by atoms with van der Waals surface area (Å²) < 4.78 is 1.83. The number of rotatable bonds is 0. The van der Waals surface area contributed by atoms with Gasteiger partial charge in [-0.3, -0.25) is 0 Å². The topological polar surface area (TPSA) is 18.3 Å². The Labute approximate surface area is 78.3 Å². The van der Waals surface area contributed by atoms with Gasteiger partial charge in [-0.15, -0.1) is 4.24 Å². The van der Waals surface area contributed by atoms with E-state index < -0.39 is 0 Å². The van der Waals surface area contributed by atoms with Crippen LogP contribution in [0.4, 0.5) is 0 Å². The normalized spacial score (nSPS) is 18.2. The van der Waals surface area contributed by atoms with Crippen molar-refractivity contribution in [2.45, 2.75) is 26.2 Å². The van der Waals surface area contributed by atoms with Crippen LogP contribution in [0.1, 0.15) is 26.3 Å². The van der Waals surface area contributed by atoms with Crippen LogP contribution in [-0.4, -0.2) is 0 Å². The molecule has 2 heteroatoms. The zero-order valence-electron chi connectivity index (χ0n) is 8.33. The fraction of sp³-hybridized carbons (Fsp3) is 0.364. The lowest BCUT2D eigenvalue weighted by Gasteiger charge is -2.09. The summed E-state index contributed by atoms with van der Waals surface area (Å²) in [5, 5.41) is 0.